The Morgan fingerprint density at radius 1 is 1.28 bits per heavy atom. The van der Waals surface area contributed by atoms with Gasteiger partial charge in [0.25, 0.3) is 11.6 Å². The second-order valence-electron chi connectivity index (χ2n) is 6.38. The van der Waals surface area contributed by atoms with Crippen LogP contribution in [-0.4, -0.2) is 35.4 Å². The summed E-state index contributed by atoms with van der Waals surface area (Å²) in [6, 6.07) is 5.82. The summed E-state index contributed by atoms with van der Waals surface area (Å²) in [6.45, 7) is 3.68. The molecular formula is C20H20N4O7S. The molecule has 0 unspecified atom stereocenters. The van der Waals surface area contributed by atoms with Crippen LogP contribution in [0.1, 0.15) is 30.0 Å². The topological polar surface area (TPSA) is 146 Å². The molecule has 168 valence electrons. The third-order valence-electron chi connectivity index (χ3n) is 4.17. The number of hydrogen-bond acceptors (Lipinski definition) is 9. The first-order chi connectivity index (χ1) is 15.3. The summed E-state index contributed by atoms with van der Waals surface area (Å²) < 4.78 is 16.2. The smallest absolute Gasteiger partial charge is 0.286 e. The van der Waals surface area contributed by atoms with E-state index in [0.29, 0.717) is 17.2 Å². The summed E-state index contributed by atoms with van der Waals surface area (Å²) in [6.07, 6.45) is 0. The molecule has 0 aliphatic rings. The number of anilines is 1. The third kappa shape index (κ3) is 5.21. The number of benzene rings is 1. The third-order valence-corrected chi connectivity index (χ3v) is 4.93. The number of ether oxygens (including phenoxy) is 2. The van der Waals surface area contributed by atoms with Crippen molar-refractivity contribution >= 4 is 34.0 Å². The van der Waals surface area contributed by atoms with Crippen LogP contribution in [0.15, 0.2) is 34.1 Å². The first-order valence-corrected chi connectivity index (χ1v) is 10.3. The molecule has 2 aromatic heterocycles. The molecule has 32 heavy (non-hydrogen) atoms. The van der Waals surface area contributed by atoms with Gasteiger partial charge in [0.15, 0.2) is 22.4 Å². The molecule has 1 aromatic carbocycles. The fourth-order valence-electron chi connectivity index (χ4n) is 2.74. The molecule has 3 aromatic rings. The molecule has 2 amide bonds. The van der Waals surface area contributed by atoms with Crippen molar-refractivity contribution in [2.24, 2.45) is 0 Å². The van der Waals surface area contributed by atoms with Crippen LogP contribution in [0.25, 0.3) is 11.5 Å². The lowest BCUT2D eigenvalue weighted by atomic mass is 10.1. The number of furan rings is 1. The van der Waals surface area contributed by atoms with Crippen LogP contribution in [0.5, 0.6) is 11.5 Å². The maximum absolute atomic E-state index is 12.8. The van der Waals surface area contributed by atoms with Gasteiger partial charge in [-0.05, 0) is 19.1 Å². The molecule has 0 atom stereocenters. The number of hydrogen-bond donors (Lipinski definition) is 2. The molecule has 12 heteroatoms. The van der Waals surface area contributed by atoms with Gasteiger partial charge >= 0.3 is 0 Å². The largest absolute Gasteiger partial charge is 0.493 e. The van der Waals surface area contributed by atoms with E-state index in [0.717, 1.165) is 17.4 Å². The van der Waals surface area contributed by atoms with Crippen LogP contribution < -0.4 is 20.1 Å². The van der Waals surface area contributed by atoms with E-state index < -0.39 is 16.5 Å². The van der Waals surface area contributed by atoms with Gasteiger partial charge in [-0.1, -0.05) is 0 Å². The SMILES string of the molecule is CCOc1cc(C(=O)Nc2nc(-c3ccc(CNC(C)=O)o3)cs2)c([N+](=O)[O-])cc1OC. The monoisotopic (exact) mass is 460 g/mol. The molecule has 0 saturated heterocycles. The summed E-state index contributed by atoms with van der Waals surface area (Å²) in [5.41, 5.74) is -0.140. The van der Waals surface area contributed by atoms with Crippen LogP contribution in [-0.2, 0) is 11.3 Å². The van der Waals surface area contributed by atoms with E-state index in [4.69, 9.17) is 13.9 Å². The molecule has 0 bridgehead atoms. The lowest BCUT2D eigenvalue weighted by Crippen LogP contribution is -2.18. The number of thiazole rings is 1. The van der Waals surface area contributed by atoms with Crippen LogP contribution in [0.2, 0.25) is 0 Å². The maximum Gasteiger partial charge on any atom is 0.286 e. The Balaban J connectivity index is 1.81. The van der Waals surface area contributed by atoms with Crippen molar-refractivity contribution in [3.05, 3.63) is 51.1 Å². The highest BCUT2D eigenvalue weighted by atomic mass is 32.1. The lowest BCUT2D eigenvalue weighted by molar-refractivity contribution is -0.385. The van der Waals surface area contributed by atoms with Crippen molar-refractivity contribution in [2.45, 2.75) is 20.4 Å². The highest BCUT2D eigenvalue weighted by molar-refractivity contribution is 7.14. The van der Waals surface area contributed by atoms with Gasteiger partial charge in [0.2, 0.25) is 5.91 Å². The number of carbonyl (C=O) groups excluding carboxylic acids is 2. The zero-order valence-corrected chi connectivity index (χ0v) is 18.3. The zero-order chi connectivity index (χ0) is 23.3. The number of nitrogens with one attached hydrogen (secondary N) is 2. The van der Waals surface area contributed by atoms with Gasteiger partial charge in [0.05, 0.1) is 31.3 Å². The van der Waals surface area contributed by atoms with Crippen LogP contribution in [0.4, 0.5) is 10.8 Å². The summed E-state index contributed by atoms with van der Waals surface area (Å²) >= 11 is 1.13. The van der Waals surface area contributed by atoms with Crippen molar-refractivity contribution in [1.29, 1.82) is 0 Å². The Morgan fingerprint density at radius 3 is 2.72 bits per heavy atom. The first-order valence-electron chi connectivity index (χ1n) is 9.42. The van der Waals surface area contributed by atoms with E-state index in [2.05, 4.69) is 15.6 Å². The quantitative estimate of drug-likeness (QED) is 0.364. The van der Waals surface area contributed by atoms with Crippen molar-refractivity contribution in [1.82, 2.24) is 10.3 Å². The van der Waals surface area contributed by atoms with E-state index in [-0.39, 0.29) is 41.3 Å². The fourth-order valence-corrected chi connectivity index (χ4v) is 3.44. The molecule has 2 N–H and O–H groups in total. The molecule has 11 nitrogen and oxygen atoms in total. The second kappa shape index (κ2) is 9.92. The number of rotatable bonds is 9. The van der Waals surface area contributed by atoms with Crippen molar-refractivity contribution in [2.75, 3.05) is 19.0 Å². The highest BCUT2D eigenvalue weighted by Gasteiger charge is 2.25. The van der Waals surface area contributed by atoms with Crippen molar-refractivity contribution < 1.29 is 28.4 Å². The first kappa shape index (κ1) is 22.7. The molecule has 0 fully saturated rings. The van der Waals surface area contributed by atoms with E-state index in [1.54, 1.807) is 24.4 Å². The average molecular weight is 460 g/mol. The molecule has 2 heterocycles. The number of aromatic nitrogens is 1. The van der Waals surface area contributed by atoms with Crippen molar-refractivity contribution in [3.63, 3.8) is 0 Å². The minimum absolute atomic E-state index is 0.152. The minimum Gasteiger partial charge on any atom is -0.493 e. The predicted octanol–water partition coefficient (Wildman–Crippen LogP) is 3.61. The van der Waals surface area contributed by atoms with Crippen molar-refractivity contribution in [3.8, 4) is 23.0 Å². The normalized spacial score (nSPS) is 10.5. The van der Waals surface area contributed by atoms with Crippen LogP contribution in [0.3, 0.4) is 0 Å². The average Bonchev–Trinajstić information content (AvgIpc) is 3.41. The number of amides is 2. The summed E-state index contributed by atoms with van der Waals surface area (Å²) in [4.78, 5) is 38.9. The van der Waals surface area contributed by atoms with Crippen LogP contribution in [0, 0.1) is 10.1 Å². The molecule has 0 aliphatic carbocycles. The Labute approximate surface area is 186 Å². The molecule has 0 aliphatic heterocycles. The minimum atomic E-state index is -0.716. The number of nitro benzene ring substituents is 1. The maximum atomic E-state index is 12.8. The number of methoxy groups -OCH3 is 1. The Hall–Kier alpha value is -3.93. The van der Waals surface area contributed by atoms with E-state index in [9.17, 15) is 19.7 Å². The summed E-state index contributed by atoms with van der Waals surface area (Å²) in [5.74, 6) is 0.475. The van der Waals surface area contributed by atoms with E-state index >= 15 is 0 Å². The van der Waals surface area contributed by atoms with Gasteiger partial charge in [-0.2, -0.15) is 0 Å². The molecule has 0 saturated carbocycles. The van der Waals surface area contributed by atoms with Gasteiger partial charge in [-0.3, -0.25) is 25.0 Å². The second-order valence-corrected chi connectivity index (χ2v) is 7.24. The van der Waals surface area contributed by atoms with Gasteiger partial charge in [0, 0.05) is 18.4 Å². The fraction of sp³-hybridized carbons (Fsp3) is 0.250. The Kier molecular flexibility index (Phi) is 7.05. The van der Waals surface area contributed by atoms with Crippen LogP contribution >= 0.6 is 11.3 Å². The lowest BCUT2D eigenvalue weighted by Gasteiger charge is -2.11. The molecular weight excluding hydrogens is 440 g/mol. The summed E-state index contributed by atoms with van der Waals surface area (Å²) in [5, 5.41) is 18.6. The zero-order valence-electron chi connectivity index (χ0n) is 17.5. The number of nitro groups is 1. The van der Waals surface area contributed by atoms with E-state index in [1.807, 2.05) is 0 Å². The van der Waals surface area contributed by atoms with Gasteiger partial charge in [-0.25, -0.2) is 4.98 Å². The molecule has 0 spiro atoms. The molecule has 3 rings (SSSR count). The van der Waals surface area contributed by atoms with E-state index in [1.165, 1.54) is 20.1 Å². The Morgan fingerprint density at radius 2 is 2.06 bits per heavy atom. The standard InChI is InChI=1S/C20H20N4O7S/c1-4-30-18-7-13(15(24(27)28)8-17(18)29-3)19(26)23-20-22-14(10-32-20)16-6-5-12(31-16)9-21-11(2)25/h5-8,10H,4,9H2,1-3H3,(H,21,25)(H,22,23,26). The Bertz CT molecular complexity index is 1150. The van der Waals surface area contributed by atoms with Gasteiger partial charge < -0.3 is 19.2 Å². The van der Waals surface area contributed by atoms with Gasteiger partial charge in [-0.15, -0.1) is 11.3 Å². The van der Waals surface area contributed by atoms with Gasteiger partial charge in [0.1, 0.15) is 17.0 Å². The number of carbonyl (C=O) groups is 2. The molecule has 0 radical (unpaired) electrons. The number of nitrogens with zero attached hydrogens (tertiary/aromatic N) is 2. The predicted molar refractivity (Wildman–Crippen MR) is 116 cm³/mol. The highest BCUT2D eigenvalue weighted by Crippen LogP contribution is 2.35. The summed E-state index contributed by atoms with van der Waals surface area (Å²) in [7, 11) is 1.36.